The molecule has 6 N–H and O–H groups in total. The van der Waals surface area contributed by atoms with Crippen LogP contribution >= 0.6 is 0 Å². The molecule has 0 radical (unpaired) electrons. The lowest BCUT2D eigenvalue weighted by Gasteiger charge is -2.06. The van der Waals surface area contributed by atoms with Crippen molar-refractivity contribution in [3.05, 3.63) is 0 Å². The molecule has 0 amide bonds. The van der Waals surface area contributed by atoms with Gasteiger partial charge in [-0.25, -0.2) is 0 Å². The summed E-state index contributed by atoms with van der Waals surface area (Å²) in [6, 6.07) is 0. The van der Waals surface area contributed by atoms with Gasteiger partial charge in [-0.3, -0.25) is 11.7 Å². The van der Waals surface area contributed by atoms with Crippen molar-refractivity contribution in [2.24, 2.45) is 17.4 Å². The first kappa shape index (κ1) is 12.5. The van der Waals surface area contributed by atoms with Gasteiger partial charge in [0.25, 0.3) is 0 Å². The van der Waals surface area contributed by atoms with Crippen molar-refractivity contribution in [1.29, 1.82) is 0 Å². The lowest BCUT2D eigenvalue weighted by molar-refractivity contribution is 0.396. The van der Waals surface area contributed by atoms with E-state index in [0.29, 0.717) is 0 Å². The highest BCUT2D eigenvalue weighted by atomic mass is 15.0. The van der Waals surface area contributed by atoms with E-state index < -0.39 is 0 Å². The molecule has 0 aliphatic heterocycles. The maximum atomic E-state index is 5.30. The van der Waals surface area contributed by atoms with Crippen LogP contribution in [-0.2, 0) is 0 Å². The van der Waals surface area contributed by atoms with Gasteiger partial charge >= 0.3 is 0 Å². The molecular weight excluding hydrogens is 128 g/mol. The van der Waals surface area contributed by atoms with E-state index in [1.54, 1.807) is 0 Å². The van der Waals surface area contributed by atoms with Gasteiger partial charge in [0, 0.05) is 0 Å². The Morgan fingerprint density at radius 3 is 1.90 bits per heavy atom. The Hall–Kier alpha value is -0.160. The average Bonchev–Trinajstić information content (AvgIpc) is 1.92. The van der Waals surface area contributed by atoms with Crippen LogP contribution in [0.4, 0.5) is 0 Å². The fourth-order valence-electron chi connectivity index (χ4n) is 0.572. The summed E-state index contributed by atoms with van der Waals surface area (Å²) in [6.45, 7) is 1.99. The van der Waals surface area contributed by atoms with Crippen molar-refractivity contribution >= 4 is 0 Å². The smallest absolute Gasteiger partial charge is 0.00244 e. The quantitative estimate of drug-likeness (QED) is 0.274. The van der Waals surface area contributed by atoms with E-state index >= 15 is 0 Å². The molecule has 4 nitrogen and oxygen atoms in total. The van der Waals surface area contributed by atoms with Crippen LogP contribution in [0.15, 0.2) is 0 Å². The van der Waals surface area contributed by atoms with Gasteiger partial charge in [0.15, 0.2) is 0 Å². The number of rotatable bonds is 4. The van der Waals surface area contributed by atoms with Gasteiger partial charge in [0.1, 0.15) is 0 Å². The summed E-state index contributed by atoms with van der Waals surface area (Å²) in [5.41, 5.74) is 5.30. The van der Waals surface area contributed by atoms with Crippen LogP contribution in [0.25, 0.3) is 0 Å². The van der Waals surface area contributed by atoms with Crippen LogP contribution in [0.3, 0.4) is 0 Å². The maximum Gasteiger partial charge on any atom is -0.00244 e. The average molecular weight is 148 g/mol. The summed E-state index contributed by atoms with van der Waals surface area (Å²) in [7, 11) is 4.16. The fraction of sp³-hybridized carbons (Fsp3) is 1.00. The second-order valence-corrected chi connectivity index (χ2v) is 2.30. The van der Waals surface area contributed by atoms with Crippen molar-refractivity contribution in [2.45, 2.75) is 12.8 Å². The lowest BCUT2D eigenvalue weighted by Crippen LogP contribution is -2.14. The third-order valence-corrected chi connectivity index (χ3v) is 1.06. The Morgan fingerprint density at radius 2 is 1.60 bits per heavy atom. The molecule has 0 aromatic carbocycles. The van der Waals surface area contributed by atoms with E-state index in [4.69, 9.17) is 5.73 Å². The summed E-state index contributed by atoms with van der Waals surface area (Å²) in [5.74, 6) is 8.00. The molecule has 0 fully saturated rings. The molecule has 0 saturated carbocycles. The summed E-state index contributed by atoms with van der Waals surface area (Å²) < 4.78 is 0. The van der Waals surface area contributed by atoms with Crippen LogP contribution in [-0.4, -0.2) is 32.1 Å². The topological polar surface area (TPSA) is 81.3 Å². The molecule has 0 saturated heterocycles. The predicted octanol–water partition coefficient (Wildman–Crippen LogP) is -0.894. The minimum absolute atomic E-state index is 0.827. The minimum atomic E-state index is 0.827. The van der Waals surface area contributed by atoms with E-state index in [9.17, 15) is 0 Å². The Bertz CT molecular complexity index is 47.0. The second-order valence-electron chi connectivity index (χ2n) is 2.30. The number of hydrogen-bond acceptors (Lipinski definition) is 4. The molecule has 0 aromatic heterocycles. The molecule has 0 heterocycles. The van der Waals surface area contributed by atoms with Crippen LogP contribution < -0.4 is 17.4 Å². The molecule has 0 unspecified atom stereocenters. The van der Waals surface area contributed by atoms with E-state index in [2.05, 4.69) is 30.7 Å². The highest BCUT2D eigenvalue weighted by Crippen LogP contribution is 1.86. The lowest BCUT2D eigenvalue weighted by atomic mass is 10.3. The van der Waals surface area contributed by atoms with Crippen molar-refractivity contribution in [3.63, 3.8) is 0 Å². The molecule has 10 heavy (non-hydrogen) atoms. The zero-order chi connectivity index (χ0) is 8.41. The second kappa shape index (κ2) is 11.6. The molecule has 0 spiro atoms. The SMILES string of the molecule is CN(C)CCCCN.NN. The van der Waals surface area contributed by atoms with Crippen LogP contribution in [0.5, 0.6) is 0 Å². The molecule has 0 bridgehead atoms. The first-order valence-corrected chi connectivity index (χ1v) is 3.45. The van der Waals surface area contributed by atoms with Crippen molar-refractivity contribution in [1.82, 2.24) is 4.90 Å². The van der Waals surface area contributed by atoms with Gasteiger partial charge in [-0.15, -0.1) is 0 Å². The number of hydrogen-bond donors (Lipinski definition) is 3. The first-order chi connectivity index (χ1) is 4.77. The van der Waals surface area contributed by atoms with Crippen LogP contribution in [0.2, 0.25) is 0 Å². The molecule has 0 aromatic rings. The largest absolute Gasteiger partial charge is 0.330 e. The first-order valence-electron chi connectivity index (χ1n) is 3.45. The monoisotopic (exact) mass is 148 g/mol. The predicted molar refractivity (Wildman–Crippen MR) is 45.2 cm³/mol. The summed E-state index contributed by atoms with van der Waals surface area (Å²) in [4.78, 5) is 2.18. The summed E-state index contributed by atoms with van der Waals surface area (Å²) >= 11 is 0. The number of unbranched alkanes of at least 4 members (excludes halogenated alkanes) is 1. The third-order valence-electron chi connectivity index (χ3n) is 1.06. The third kappa shape index (κ3) is 15.7. The Balaban J connectivity index is 0. The molecule has 0 aliphatic rings. The maximum absolute atomic E-state index is 5.30. The minimum Gasteiger partial charge on any atom is -0.330 e. The van der Waals surface area contributed by atoms with E-state index in [1.165, 1.54) is 6.42 Å². The standard InChI is InChI=1S/C6H16N2.H4N2/c1-8(2)6-4-3-5-7;1-2/h3-7H2,1-2H3;1-2H2. The Kier molecular flexibility index (Phi) is 14.5. The van der Waals surface area contributed by atoms with Gasteiger partial charge < -0.3 is 10.6 Å². The van der Waals surface area contributed by atoms with E-state index in [1.807, 2.05) is 0 Å². The molecule has 0 aliphatic carbocycles. The van der Waals surface area contributed by atoms with Gasteiger partial charge in [0.2, 0.25) is 0 Å². The number of nitrogens with two attached hydrogens (primary N) is 3. The molecule has 64 valence electrons. The highest BCUT2D eigenvalue weighted by molar-refractivity contribution is 4.44. The van der Waals surface area contributed by atoms with Gasteiger partial charge in [0.05, 0.1) is 0 Å². The normalized spacial score (nSPS) is 9.00. The van der Waals surface area contributed by atoms with Crippen molar-refractivity contribution in [3.8, 4) is 0 Å². The van der Waals surface area contributed by atoms with Gasteiger partial charge in [-0.2, -0.15) is 0 Å². The van der Waals surface area contributed by atoms with Crippen molar-refractivity contribution in [2.75, 3.05) is 27.2 Å². The summed E-state index contributed by atoms with van der Waals surface area (Å²) in [5, 5.41) is 0. The molecule has 0 rings (SSSR count). The summed E-state index contributed by atoms with van der Waals surface area (Å²) in [6.07, 6.45) is 2.38. The Morgan fingerprint density at radius 1 is 1.10 bits per heavy atom. The Labute approximate surface area is 63.3 Å². The van der Waals surface area contributed by atoms with Crippen molar-refractivity contribution < 1.29 is 0 Å². The van der Waals surface area contributed by atoms with Gasteiger partial charge in [-0.1, -0.05) is 0 Å². The number of hydrazine groups is 1. The van der Waals surface area contributed by atoms with Crippen LogP contribution in [0, 0.1) is 0 Å². The van der Waals surface area contributed by atoms with E-state index in [-0.39, 0.29) is 0 Å². The molecule has 0 atom stereocenters. The molecular formula is C6H20N4. The van der Waals surface area contributed by atoms with Crippen LogP contribution in [0.1, 0.15) is 12.8 Å². The number of nitrogens with zero attached hydrogens (tertiary/aromatic N) is 1. The highest BCUT2D eigenvalue weighted by Gasteiger charge is 1.86. The molecule has 4 heteroatoms. The fourth-order valence-corrected chi connectivity index (χ4v) is 0.572. The van der Waals surface area contributed by atoms with Gasteiger partial charge in [-0.05, 0) is 40.0 Å². The zero-order valence-corrected chi connectivity index (χ0v) is 7.01. The van der Waals surface area contributed by atoms with E-state index in [0.717, 1.165) is 19.5 Å². The zero-order valence-electron chi connectivity index (χ0n) is 7.01.